The minimum absolute atomic E-state index is 0.368. The van der Waals surface area contributed by atoms with Crippen molar-refractivity contribution in [2.75, 3.05) is 73.9 Å². The second-order valence-corrected chi connectivity index (χ2v) is 16.6. The smallest absolute Gasteiger partial charge is 0.323 e. The van der Waals surface area contributed by atoms with Crippen LogP contribution >= 0.6 is 0 Å². The van der Waals surface area contributed by atoms with Crippen molar-refractivity contribution in [2.45, 2.75) is 13.1 Å². The van der Waals surface area contributed by atoms with Crippen molar-refractivity contribution in [1.29, 1.82) is 5.26 Å². The number of carbonyl (C=O) groups is 2. The minimum atomic E-state index is -0.433. The summed E-state index contributed by atoms with van der Waals surface area (Å²) >= 11 is 0. The highest BCUT2D eigenvalue weighted by atomic mass is 19.1. The normalized spacial score (nSPS) is 14.0. The molecule has 0 saturated carbocycles. The number of benzene rings is 6. The standard InChI is InChI=1S/C28H25N5O2.C27H25FN4O2/c29-17-20-4-3-5-22(16-20)31-28(34)32-27-11-10-24(25-6-1-2-7-26(25)27)21-8-9-23(30-18-21)19-33-12-14-35-15-13-33;28-20-4-3-5-21(16-20)30-27(33)31-26-11-10-23(24-6-1-2-7-25(24)26)19-8-9-22(29-17-19)18-32-12-14-34-15-13-32/h1-11,16,18H,12-15,19H2,(H2,31,32,34);1-11,16-17H,12-15,18H2,(H2,30,31,33). The van der Waals surface area contributed by atoms with Crippen molar-refractivity contribution in [2.24, 2.45) is 0 Å². The second kappa shape index (κ2) is 22.2. The Labute approximate surface area is 399 Å². The predicted octanol–water partition coefficient (Wildman–Crippen LogP) is 10.8. The highest BCUT2D eigenvalue weighted by molar-refractivity contribution is 6.11. The number of nitrogens with one attached hydrogen (secondary N) is 4. The summed E-state index contributed by atoms with van der Waals surface area (Å²) in [5.41, 5.74) is 9.01. The summed E-state index contributed by atoms with van der Waals surface area (Å²) in [6, 6.07) is 45.9. The zero-order chi connectivity index (χ0) is 47.4. The molecule has 8 aromatic rings. The molecular weight excluding hydrogens is 870 g/mol. The van der Waals surface area contributed by atoms with Crippen molar-refractivity contribution in [1.82, 2.24) is 19.8 Å². The Balaban J connectivity index is 0.000000172. The number of nitrogens with zero attached hydrogens (tertiary/aromatic N) is 5. The Morgan fingerprint density at radius 2 is 1.00 bits per heavy atom. The van der Waals surface area contributed by atoms with Crippen LogP contribution in [-0.4, -0.2) is 84.4 Å². The van der Waals surface area contributed by atoms with E-state index in [0.29, 0.717) is 28.3 Å². The molecule has 0 spiro atoms. The van der Waals surface area contributed by atoms with Crippen LogP contribution in [0, 0.1) is 17.1 Å². The summed E-state index contributed by atoms with van der Waals surface area (Å²) in [6.07, 6.45) is 3.82. The number of rotatable bonds is 10. The molecule has 0 radical (unpaired) electrons. The molecule has 2 fully saturated rings. The van der Waals surface area contributed by atoms with Gasteiger partial charge in [0.2, 0.25) is 0 Å². The quantitative estimate of drug-likeness (QED) is 0.105. The van der Waals surface area contributed by atoms with Crippen LogP contribution < -0.4 is 21.3 Å². The molecule has 14 heteroatoms. The van der Waals surface area contributed by atoms with Gasteiger partial charge in [-0.3, -0.25) is 19.8 Å². The van der Waals surface area contributed by atoms with E-state index in [0.717, 1.165) is 121 Å². The van der Waals surface area contributed by atoms with Gasteiger partial charge in [0.1, 0.15) is 5.82 Å². The molecule has 0 aliphatic carbocycles. The van der Waals surface area contributed by atoms with Crippen molar-refractivity contribution in [3.05, 3.63) is 181 Å². The maximum atomic E-state index is 13.4. The lowest BCUT2D eigenvalue weighted by Gasteiger charge is -2.26. The van der Waals surface area contributed by atoms with Crippen LogP contribution in [0.25, 0.3) is 43.8 Å². The first-order valence-corrected chi connectivity index (χ1v) is 22.8. The summed E-state index contributed by atoms with van der Waals surface area (Å²) in [4.78, 5) is 39.3. The monoisotopic (exact) mass is 919 g/mol. The van der Waals surface area contributed by atoms with E-state index in [1.165, 1.54) is 12.1 Å². The zero-order valence-electron chi connectivity index (χ0n) is 37.8. The molecule has 2 aliphatic heterocycles. The van der Waals surface area contributed by atoms with Gasteiger partial charge in [0.05, 0.1) is 60.8 Å². The summed E-state index contributed by atoms with van der Waals surface area (Å²) < 4.78 is 24.3. The van der Waals surface area contributed by atoms with Gasteiger partial charge >= 0.3 is 12.1 Å². The molecule has 4 amide bonds. The summed E-state index contributed by atoms with van der Waals surface area (Å²) in [5.74, 6) is -0.405. The van der Waals surface area contributed by atoms with Crippen LogP contribution in [0.4, 0.5) is 36.7 Å². The van der Waals surface area contributed by atoms with E-state index < -0.39 is 11.8 Å². The van der Waals surface area contributed by atoms with Crippen molar-refractivity contribution in [3.63, 3.8) is 0 Å². The van der Waals surface area contributed by atoms with Crippen LogP contribution in [-0.2, 0) is 22.6 Å². The molecule has 4 heterocycles. The van der Waals surface area contributed by atoms with Crippen LogP contribution in [0.15, 0.2) is 158 Å². The van der Waals surface area contributed by atoms with Crippen molar-refractivity contribution >= 4 is 56.4 Å². The number of amides is 4. The van der Waals surface area contributed by atoms with E-state index in [1.54, 1.807) is 36.4 Å². The van der Waals surface area contributed by atoms with E-state index in [4.69, 9.17) is 19.7 Å². The second-order valence-electron chi connectivity index (χ2n) is 16.6. The van der Waals surface area contributed by atoms with Crippen molar-refractivity contribution in [3.8, 4) is 28.3 Å². The molecule has 69 heavy (non-hydrogen) atoms. The van der Waals surface area contributed by atoms with Crippen molar-refractivity contribution < 1.29 is 23.5 Å². The number of urea groups is 2. The lowest BCUT2D eigenvalue weighted by molar-refractivity contribution is 0.0336. The van der Waals surface area contributed by atoms with Gasteiger partial charge in [0, 0.05) is 84.9 Å². The topological polar surface area (TPSA) is 157 Å². The number of halogens is 1. The van der Waals surface area contributed by atoms with Gasteiger partial charge in [-0.1, -0.05) is 84.9 Å². The lowest BCUT2D eigenvalue weighted by atomic mass is 9.98. The number of hydrogen-bond donors (Lipinski definition) is 4. The summed E-state index contributed by atoms with van der Waals surface area (Å²) in [7, 11) is 0. The number of pyridine rings is 2. The number of anilines is 4. The molecule has 0 atom stereocenters. The maximum Gasteiger partial charge on any atom is 0.323 e. The zero-order valence-corrected chi connectivity index (χ0v) is 37.8. The third-order valence-corrected chi connectivity index (χ3v) is 11.9. The molecule has 6 aromatic carbocycles. The molecule has 0 unspecified atom stereocenters. The van der Waals surface area contributed by atoms with Gasteiger partial charge in [-0.05, 0) is 82.6 Å². The molecule has 0 bridgehead atoms. The van der Waals surface area contributed by atoms with Gasteiger partial charge in [-0.2, -0.15) is 5.26 Å². The fourth-order valence-electron chi connectivity index (χ4n) is 8.45. The van der Waals surface area contributed by atoms with Crippen LogP contribution in [0.1, 0.15) is 17.0 Å². The number of hydrogen-bond acceptors (Lipinski definition) is 9. The Bertz CT molecular complexity index is 3110. The van der Waals surface area contributed by atoms with E-state index in [9.17, 15) is 14.0 Å². The minimum Gasteiger partial charge on any atom is -0.379 e. The Hall–Kier alpha value is -8.06. The van der Waals surface area contributed by atoms with Gasteiger partial charge in [0.25, 0.3) is 0 Å². The average Bonchev–Trinajstić information content (AvgIpc) is 3.38. The fraction of sp³-hybridized carbons (Fsp3) is 0.182. The molecular formula is C55H50FN9O4. The third kappa shape index (κ3) is 11.9. The number of morpholine rings is 2. The van der Waals surface area contributed by atoms with E-state index in [-0.39, 0.29) is 6.03 Å². The summed E-state index contributed by atoms with van der Waals surface area (Å²) in [5, 5.41) is 24.2. The Morgan fingerprint density at radius 3 is 1.45 bits per heavy atom. The predicted molar refractivity (Wildman–Crippen MR) is 269 cm³/mol. The first-order chi connectivity index (χ1) is 33.8. The summed E-state index contributed by atoms with van der Waals surface area (Å²) in [6.45, 7) is 8.43. The lowest BCUT2D eigenvalue weighted by Crippen LogP contribution is -2.35. The molecule has 13 nitrogen and oxygen atoms in total. The Kier molecular flexibility index (Phi) is 14.8. The highest BCUT2D eigenvalue weighted by Crippen LogP contribution is 2.35. The fourth-order valence-corrected chi connectivity index (χ4v) is 8.45. The number of aromatic nitrogens is 2. The number of carbonyl (C=O) groups excluding carboxylic acids is 2. The molecule has 2 aliphatic rings. The first-order valence-electron chi connectivity index (χ1n) is 22.8. The van der Waals surface area contributed by atoms with Gasteiger partial charge < -0.3 is 30.7 Å². The van der Waals surface area contributed by atoms with Gasteiger partial charge in [-0.25, -0.2) is 14.0 Å². The van der Waals surface area contributed by atoms with Gasteiger partial charge in [-0.15, -0.1) is 0 Å². The van der Waals surface area contributed by atoms with E-state index >= 15 is 0 Å². The van der Waals surface area contributed by atoms with Crippen LogP contribution in [0.5, 0.6) is 0 Å². The number of nitriles is 1. The Morgan fingerprint density at radius 1 is 0.536 bits per heavy atom. The molecule has 346 valence electrons. The molecule has 2 saturated heterocycles. The van der Waals surface area contributed by atoms with Crippen LogP contribution in [0.3, 0.4) is 0 Å². The van der Waals surface area contributed by atoms with E-state index in [2.05, 4.69) is 66.4 Å². The first kappa shape index (κ1) is 46.1. The van der Waals surface area contributed by atoms with Gasteiger partial charge in [0.15, 0.2) is 0 Å². The van der Waals surface area contributed by atoms with Crippen LogP contribution in [0.2, 0.25) is 0 Å². The molecule has 2 aromatic heterocycles. The number of fused-ring (bicyclic) bond motifs is 2. The molecule has 4 N–H and O–H groups in total. The SMILES string of the molecule is N#Cc1cccc(NC(=O)Nc2ccc(-c3ccc(CN4CCOCC4)nc3)c3ccccc23)c1.O=C(Nc1cccc(F)c1)Nc1ccc(-c2ccc(CN3CCOCC3)nc2)c2ccccc12. The average molecular weight is 920 g/mol. The largest absolute Gasteiger partial charge is 0.379 e. The molecule has 10 rings (SSSR count). The highest BCUT2D eigenvalue weighted by Gasteiger charge is 2.16. The maximum absolute atomic E-state index is 13.4. The van der Waals surface area contributed by atoms with E-state index in [1.807, 2.05) is 85.2 Å². The third-order valence-electron chi connectivity index (χ3n) is 11.9. The number of ether oxygens (including phenoxy) is 2.